The van der Waals surface area contributed by atoms with Gasteiger partial charge in [0.15, 0.2) is 5.60 Å². The number of halogens is 1. The fraction of sp³-hybridized carbons (Fsp3) is 0.190. The minimum atomic E-state index is -1.30. The summed E-state index contributed by atoms with van der Waals surface area (Å²) >= 11 is 3.45. The highest BCUT2D eigenvalue weighted by Crippen LogP contribution is 2.30. The number of carbonyl (C=O) groups is 2. The first-order valence-corrected chi connectivity index (χ1v) is 9.60. The standard InChI is InChI=1S/C21H18BrN3O3/c1-13-10-18(25(24-13)16-8-5-7-15(22)11-16)23-20(27)21(2)12-14-6-3-4-9-17(14)19(26)28-21/h3-11H,12H2,1-2H3,(H,23,27). The van der Waals surface area contributed by atoms with Gasteiger partial charge < -0.3 is 10.1 Å². The van der Waals surface area contributed by atoms with Crippen LogP contribution in [0.2, 0.25) is 0 Å². The number of aromatic nitrogens is 2. The fourth-order valence-electron chi connectivity index (χ4n) is 3.30. The molecule has 3 aromatic rings. The highest BCUT2D eigenvalue weighted by molar-refractivity contribution is 9.10. The summed E-state index contributed by atoms with van der Waals surface area (Å²) in [5, 5.41) is 7.35. The van der Waals surface area contributed by atoms with Crippen LogP contribution in [0.5, 0.6) is 0 Å². The van der Waals surface area contributed by atoms with Crippen LogP contribution in [0.4, 0.5) is 5.82 Å². The molecule has 4 rings (SSSR count). The van der Waals surface area contributed by atoms with E-state index in [1.165, 1.54) is 0 Å². The van der Waals surface area contributed by atoms with Gasteiger partial charge in [-0.3, -0.25) is 4.79 Å². The number of fused-ring (bicyclic) bond motifs is 1. The van der Waals surface area contributed by atoms with Gasteiger partial charge in [0.2, 0.25) is 0 Å². The molecule has 0 aliphatic carbocycles. The van der Waals surface area contributed by atoms with Crippen LogP contribution in [0.15, 0.2) is 59.1 Å². The van der Waals surface area contributed by atoms with Gasteiger partial charge in [0, 0.05) is 17.0 Å². The first-order chi connectivity index (χ1) is 13.4. The van der Waals surface area contributed by atoms with Crippen LogP contribution in [0, 0.1) is 6.92 Å². The van der Waals surface area contributed by atoms with Crippen LogP contribution in [-0.4, -0.2) is 27.3 Å². The van der Waals surface area contributed by atoms with Crippen LogP contribution in [0.1, 0.15) is 28.5 Å². The number of benzene rings is 2. The average Bonchev–Trinajstić information content (AvgIpc) is 3.02. The molecule has 1 aliphatic rings. The van der Waals surface area contributed by atoms with Crippen LogP contribution in [0.25, 0.3) is 5.69 Å². The number of amides is 1. The first-order valence-electron chi connectivity index (χ1n) is 8.81. The number of hydrogen-bond acceptors (Lipinski definition) is 4. The fourth-order valence-corrected chi connectivity index (χ4v) is 3.69. The highest BCUT2D eigenvalue weighted by atomic mass is 79.9. The number of ether oxygens (including phenoxy) is 1. The smallest absolute Gasteiger partial charge is 0.339 e. The van der Waals surface area contributed by atoms with E-state index in [1.807, 2.05) is 43.3 Å². The monoisotopic (exact) mass is 439 g/mol. The molecule has 0 radical (unpaired) electrons. The Hall–Kier alpha value is -2.93. The zero-order valence-corrected chi connectivity index (χ0v) is 17.0. The van der Waals surface area contributed by atoms with Gasteiger partial charge in [-0.15, -0.1) is 0 Å². The Morgan fingerprint density at radius 2 is 2.00 bits per heavy atom. The van der Waals surface area contributed by atoms with E-state index in [0.29, 0.717) is 17.8 Å². The molecule has 7 heteroatoms. The Morgan fingerprint density at radius 1 is 1.21 bits per heavy atom. The molecule has 1 amide bonds. The predicted octanol–water partition coefficient (Wildman–Crippen LogP) is 4.05. The van der Waals surface area contributed by atoms with E-state index >= 15 is 0 Å². The minimum Gasteiger partial charge on any atom is -0.445 e. The third kappa shape index (κ3) is 3.33. The molecular weight excluding hydrogens is 422 g/mol. The molecule has 0 bridgehead atoms. The van der Waals surface area contributed by atoms with Crippen LogP contribution < -0.4 is 5.32 Å². The number of anilines is 1. The maximum Gasteiger partial charge on any atom is 0.339 e. The molecule has 0 saturated carbocycles. The lowest BCUT2D eigenvalue weighted by Gasteiger charge is -2.33. The number of esters is 1. The van der Waals surface area contributed by atoms with Crippen LogP contribution in [0.3, 0.4) is 0 Å². The quantitative estimate of drug-likeness (QED) is 0.624. The Balaban J connectivity index is 1.64. The normalized spacial score (nSPS) is 18.3. The lowest BCUT2D eigenvalue weighted by Crippen LogP contribution is -2.49. The number of rotatable bonds is 3. The van der Waals surface area contributed by atoms with Crippen molar-refractivity contribution in [2.45, 2.75) is 25.9 Å². The van der Waals surface area contributed by atoms with Crippen molar-refractivity contribution in [2.75, 3.05) is 5.32 Å². The maximum atomic E-state index is 13.1. The van der Waals surface area contributed by atoms with Crippen molar-refractivity contribution in [2.24, 2.45) is 0 Å². The number of carbonyl (C=O) groups excluding carboxylic acids is 2. The zero-order chi connectivity index (χ0) is 19.9. The number of cyclic esters (lactones) is 1. The Morgan fingerprint density at radius 3 is 2.79 bits per heavy atom. The van der Waals surface area contributed by atoms with Gasteiger partial charge in [0.05, 0.1) is 16.9 Å². The summed E-state index contributed by atoms with van der Waals surface area (Å²) in [4.78, 5) is 25.4. The van der Waals surface area contributed by atoms with Crippen molar-refractivity contribution >= 4 is 33.6 Å². The lowest BCUT2D eigenvalue weighted by atomic mass is 9.89. The van der Waals surface area contributed by atoms with Crippen LogP contribution >= 0.6 is 15.9 Å². The second-order valence-corrected chi connectivity index (χ2v) is 7.89. The number of nitrogens with zero attached hydrogens (tertiary/aromatic N) is 2. The third-order valence-electron chi connectivity index (χ3n) is 4.69. The summed E-state index contributed by atoms with van der Waals surface area (Å²) < 4.78 is 8.07. The molecular formula is C21H18BrN3O3. The maximum absolute atomic E-state index is 13.1. The van der Waals surface area contributed by atoms with Crippen molar-refractivity contribution in [3.63, 3.8) is 0 Å². The SMILES string of the molecule is Cc1cc(NC(=O)C2(C)Cc3ccccc3C(=O)O2)n(-c2cccc(Br)c2)n1. The van der Waals surface area contributed by atoms with Crippen LogP contribution in [-0.2, 0) is 16.0 Å². The molecule has 142 valence electrons. The first kappa shape index (κ1) is 18.4. The topological polar surface area (TPSA) is 73.2 Å². The minimum absolute atomic E-state index is 0.310. The van der Waals surface area contributed by atoms with Crippen molar-refractivity contribution < 1.29 is 14.3 Å². The number of nitrogens with one attached hydrogen (secondary N) is 1. The van der Waals surface area contributed by atoms with Crippen molar-refractivity contribution in [1.29, 1.82) is 0 Å². The average molecular weight is 440 g/mol. The molecule has 1 atom stereocenters. The second kappa shape index (κ2) is 6.91. The van der Waals surface area contributed by atoms with Gasteiger partial charge >= 0.3 is 5.97 Å². The van der Waals surface area contributed by atoms with Gasteiger partial charge in [-0.05, 0) is 43.7 Å². The van der Waals surface area contributed by atoms with Crippen molar-refractivity contribution in [3.8, 4) is 5.69 Å². The molecule has 1 N–H and O–H groups in total. The van der Waals surface area contributed by atoms with E-state index in [9.17, 15) is 9.59 Å². The molecule has 28 heavy (non-hydrogen) atoms. The number of aryl methyl sites for hydroxylation is 1. The summed E-state index contributed by atoms with van der Waals surface area (Å²) in [6.45, 7) is 3.48. The van der Waals surface area contributed by atoms with E-state index in [0.717, 1.165) is 21.4 Å². The van der Waals surface area contributed by atoms with Gasteiger partial charge in [-0.25, -0.2) is 9.48 Å². The Bertz CT molecular complexity index is 1090. The summed E-state index contributed by atoms with van der Waals surface area (Å²) in [5.41, 5.74) is 1.56. The largest absolute Gasteiger partial charge is 0.445 e. The van der Waals surface area contributed by atoms with Gasteiger partial charge in [0.1, 0.15) is 5.82 Å². The lowest BCUT2D eigenvalue weighted by molar-refractivity contribution is -0.134. The molecule has 2 aromatic carbocycles. The molecule has 0 saturated heterocycles. The van der Waals surface area contributed by atoms with Crippen molar-refractivity contribution in [1.82, 2.24) is 9.78 Å². The highest BCUT2D eigenvalue weighted by Gasteiger charge is 2.43. The second-order valence-electron chi connectivity index (χ2n) is 6.97. The van der Waals surface area contributed by atoms with Gasteiger partial charge in [-0.1, -0.05) is 40.2 Å². The molecule has 6 nitrogen and oxygen atoms in total. The summed E-state index contributed by atoms with van der Waals surface area (Å²) in [5.74, 6) is -0.376. The van der Waals surface area contributed by atoms with E-state index in [1.54, 1.807) is 29.8 Å². The summed E-state index contributed by atoms with van der Waals surface area (Å²) in [7, 11) is 0. The van der Waals surface area contributed by atoms with Gasteiger partial charge in [-0.2, -0.15) is 5.10 Å². The molecule has 1 unspecified atom stereocenters. The van der Waals surface area contributed by atoms with E-state index < -0.39 is 17.5 Å². The molecule has 1 aromatic heterocycles. The Kier molecular flexibility index (Phi) is 4.55. The van der Waals surface area contributed by atoms with E-state index in [4.69, 9.17) is 4.74 Å². The number of hydrogen-bond donors (Lipinski definition) is 1. The zero-order valence-electron chi connectivity index (χ0n) is 15.4. The molecule has 2 heterocycles. The summed E-state index contributed by atoms with van der Waals surface area (Å²) in [6, 6.07) is 16.6. The third-order valence-corrected chi connectivity index (χ3v) is 5.18. The summed E-state index contributed by atoms with van der Waals surface area (Å²) in [6.07, 6.45) is 0.310. The molecule has 0 fully saturated rings. The predicted molar refractivity (Wildman–Crippen MR) is 109 cm³/mol. The van der Waals surface area contributed by atoms with Gasteiger partial charge in [0.25, 0.3) is 5.91 Å². The van der Waals surface area contributed by atoms with E-state index in [2.05, 4.69) is 26.3 Å². The Labute approximate surface area is 170 Å². The van der Waals surface area contributed by atoms with E-state index in [-0.39, 0.29) is 0 Å². The van der Waals surface area contributed by atoms with Crippen molar-refractivity contribution in [3.05, 3.63) is 75.9 Å². The molecule has 0 spiro atoms. The molecule has 1 aliphatic heterocycles.